The Labute approximate surface area is 158 Å². The van der Waals surface area contributed by atoms with Gasteiger partial charge in [0.15, 0.2) is 0 Å². The predicted octanol–water partition coefficient (Wildman–Crippen LogP) is 6.01. The van der Waals surface area contributed by atoms with Crippen LogP contribution in [0.15, 0.2) is 84.9 Å². The van der Waals surface area contributed by atoms with Gasteiger partial charge < -0.3 is 4.74 Å². The molecule has 1 nitrogen and oxygen atoms in total. The van der Waals surface area contributed by atoms with Crippen LogP contribution in [-0.2, 0) is 4.75 Å². The van der Waals surface area contributed by atoms with Crippen LogP contribution < -0.4 is 4.74 Å². The van der Waals surface area contributed by atoms with E-state index in [-0.39, 0.29) is 4.75 Å². The lowest BCUT2D eigenvalue weighted by Crippen LogP contribution is -2.31. The van der Waals surface area contributed by atoms with Gasteiger partial charge in [0.2, 0.25) is 0 Å². The molecule has 1 unspecified atom stereocenters. The number of hydrogen-bond donors (Lipinski definition) is 0. The van der Waals surface area contributed by atoms with E-state index >= 15 is 0 Å². The third-order valence-corrected chi connectivity index (χ3v) is 7.10. The number of benzene rings is 3. The Morgan fingerprint density at radius 2 is 1.46 bits per heavy atom. The van der Waals surface area contributed by atoms with Gasteiger partial charge in [-0.3, -0.25) is 0 Å². The molecule has 0 bridgehead atoms. The lowest BCUT2D eigenvalue weighted by Gasteiger charge is -2.40. The van der Waals surface area contributed by atoms with Crippen LogP contribution in [0.2, 0.25) is 0 Å². The molecule has 0 saturated heterocycles. The van der Waals surface area contributed by atoms with Crippen molar-refractivity contribution in [2.45, 2.75) is 10.7 Å². The van der Waals surface area contributed by atoms with Crippen molar-refractivity contribution in [2.75, 3.05) is 12.9 Å². The van der Waals surface area contributed by atoms with Crippen LogP contribution in [0.25, 0.3) is 11.1 Å². The quantitative estimate of drug-likeness (QED) is 0.520. The SMILES string of the molecule is COc1ccc(C2C=CCSC23c2ccccc2-c2ccccc23)cc1. The molecule has 0 saturated carbocycles. The Morgan fingerprint density at radius 1 is 0.846 bits per heavy atom. The largest absolute Gasteiger partial charge is 0.497 e. The Bertz CT molecular complexity index is 942. The molecule has 128 valence electrons. The molecule has 2 heteroatoms. The van der Waals surface area contributed by atoms with Crippen LogP contribution in [0.3, 0.4) is 0 Å². The summed E-state index contributed by atoms with van der Waals surface area (Å²) in [6.07, 6.45) is 4.71. The van der Waals surface area contributed by atoms with E-state index in [9.17, 15) is 0 Å². The van der Waals surface area contributed by atoms with E-state index in [1.807, 2.05) is 0 Å². The summed E-state index contributed by atoms with van der Waals surface area (Å²) in [5.41, 5.74) is 6.97. The molecular formula is C24H20OS. The average Bonchev–Trinajstić information content (AvgIpc) is 3.00. The highest BCUT2D eigenvalue weighted by Gasteiger charge is 2.49. The molecule has 0 N–H and O–H groups in total. The second-order valence-electron chi connectivity index (χ2n) is 6.82. The molecule has 26 heavy (non-hydrogen) atoms. The maximum absolute atomic E-state index is 5.36. The average molecular weight is 356 g/mol. The molecule has 0 radical (unpaired) electrons. The lowest BCUT2D eigenvalue weighted by atomic mass is 9.78. The molecule has 1 spiro atoms. The predicted molar refractivity (Wildman–Crippen MR) is 110 cm³/mol. The second-order valence-corrected chi connectivity index (χ2v) is 8.08. The van der Waals surface area contributed by atoms with Gasteiger partial charge in [0.05, 0.1) is 11.9 Å². The zero-order valence-corrected chi connectivity index (χ0v) is 15.5. The highest BCUT2D eigenvalue weighted by Crippen LogP contribution is 2.62. The molecule has 1 heterocycles. The Hall–Kier alpha value is -2.45. The summed E-state index contributed by atoms with van der Waals surface area (Å²) in [6.45, 7) is 0. The van der Waals surface area contributed by atoms with Gasteiger partial charge in [-0.1, -0.05) is 72.8 Å². The molecule has 3 aromatic rings. The van der Waals surface area contributed by atoms with E-state index in [1.54, 1.807) is 7.11 Å². The highest BCUT2D eigenvalue weighted by atomic mass is 32.2. The van der Waals surface area contributed by atoms with E-state index < -0.39 is 0 Å². The van der Waals surface area contributed by atoms with Gasteiger partial charge in [-0.25, -0.2) is 0 Å². The second kappa shape index (κ2) is 6.07. The first-order chi connectivity index (χ1) is 12.8. The lowest BCUT2D eigenvalue weighted by molar-refractivity contribution is 0.414. The van der Waals surface area contributed by atoms with Crippen LogP contribution in [0.5, 0.6) is 5.75 Å². The smallest absolute Gasteiger partial charge is 0.118 e. The van der Waals surface area contributed by atoms with Crippen molar-refractivity contribution >= 4 is 11.8 Å². The van der Waals surface area contributed by atoms with Crippen LogP contribution in [0, 0.1) is 0 Å². The number of methoxy groups -OCH3 is 1. The van der Waals surface area contributed by atoms with Crippen molar-refractivity contribution < 1.29 is 4.74 Å². The van der Waals surface area contributed by atoms with Crippen molar-refractivity contribution in [3.8, 4) is 16.9 Å². The monoisotopic (exact) mass is 356 g/mol. The molecule has 0 amide bonds. The third kappa shape index (κ3) is 2.12. The van der Waals surface area contributed by atoms with E-state index in [0.717, 1.165) is 11.5 Å². The molecule has 5 rings (SSSR count). The van der Waals surface area contributed by atoms with Crippen LogP contribution in [-0.4, -0.2) is 12.9 Å². The highest BCUT2D eigenvalue weighted by molar-refractivity contribution is 8.00. The normalized spacial score (nSPS) is 19.2. The topological polar surface area (TPSA) is 9.23 Å². The van der Waals surface area contributed by atoms with Gasteiger partial charge in [0.25, 0.3) is 0 Å². The molecule has 1 atom stereocenters. The third-order valence-electron chi connectivity index (χ3n) is 5.59. The Kier molecular flexibility index (Phi) is 3.68. The summed E-state index contributed by atoms with van der Waals surface area (Å²) in [6, 6.07) is 26.4. The summed E-state index contributed by atoms with van der Waals surface area (Å²) in [7, 11) is 1.72. The molecule has 2 aliphatic rings. The zero-order chi connectivity index (χ0) is 17.6. The van der Waals surface area contributed by atoms with E-state index in [0.29, 0.717) is 5.92 Å². The van der Waals surface area contributed by atoms with Gasteiger partial charge in [0.1, 0.15) is 5.75 Å². The molecule has 1 aliphatic heterocycles. The fourth-order valence-electron chi connectivity index (χ4n) is 4.47. The van der Waals surface area contributed by atoms with E-state index in [1.165, 1.54) is 27.8 Å². The van der Waals surface area contributed by atoms with Crippen LogP contribution in [0.1, 0.15) is 22.6 Å². The van der Waals surface area contributed by atoms with Crippen LogP contribution in [0.4, 0.5) is 0 Å². The minimum Gasteiger partial charge on any atom is -0.497 e. The molecule has 1 aliphatic carbocycles. The van der Waals surface area contributed by atoms with Crippen molar-refractivity contribution in [1.29, 1.82) is 0 Å². The summed E-state index contributed by atoms with van der Waals surface area (Å²) in [4.78, 5) is 0. The number of fused-ring (bicyclic) bond motifs is 5. The first-order valence-corrected chi connectivity index (χ1v) is 9.97. The number of rotatable bonds is 2. The zero-order valence-electron chi connectivity index (χ0n) is 14.7. The number of allylic oxidation sites excluding steroid dienone is 1. The van der Waals surface area contributed by atoms with Gasteiger partial charge in [0, 0.05) is 11.7 Å². The van der Waals surface area contributed by atoms with Crippen LogP contribution >= 0.6 is 11.8 Å². The number of thioether (sulfide) groups is 1. The summed E-state index contributed by atoms with van der Waals surface area (Å²) in [5.74, 6) is 2.24. The summed E-state index contributed by atoms with van der Waals surface area (Å²) >= 11 is 2.05. The van der Waals surface area contributed by atoms with Gasteiger partial charge in [-0.05, 0) is 39.9 Å². The minimum absolute atomic E-state index is 0.0590. The maximum atomic E-state index is 5.36. The molecule has 0 aromatic heterocycles. The van der Waals surface area contributed by atoms with Crippen molar-refractivity contribution in [3.63, 3.8) is 0 Å². The maximum Gasteiger partial charge on any atom is 0.118 e. The molecule has 0 fully saturated rings. The van der Waals surface area contributed by atoms with Gasteiger partial charge in [-0.2, -0.15) is 0 Å². The van der Waals surface area contributed by atoms with Gasteiger partial charge in [-0.15, -0.1) is 11.8 Å². The number of hydrogen-bond acceptors (Lipinski definition) is 2. The minimum atomic E-state index is -0.0590. The number of ether oxygens (including phenoxy) is 1. The van der Waals surface area contributed by atoms with Crippen molar-refractivity contribution in [1.82, 2.24) is 0 Å². The molecular weight excluding hydrogens is 336 g/mol. The first-order valence-electron chi connectivity index (χ1n) is 8.98. The Morgan fingerprint density at radius 3 is 2.08 bits per heavy atom. The summed E-state index contributed by atoms with van der Waals surface area (Å²) in [5, 5.41) is 0. The first kappa shape index (κ1) is 15.8. The fourth-order valence-corrected chi connectivity index (χ4v) is 6.00. The van der Waals surface area contributed by atoms with E-state index in [4.69, 9.17) is 4.74 Å². The fraction of sp³-hybridized carbons (Fsp3) is 0.167. The van der Waals surface area contributed by atoms with Crippen molar-refractivity contribution in [3.05, 3.63) is 102 Å². The van der Waals surface area contributed by atoms with Gasteiger partial charge >= 0.3 is 0 Å². The summed E-state index contributed by atoms with van der Waals surface area (Å²) < 4.78 is 5.30. The molecule has 3 aromatic carbocycles. The van der Waals surface area contributed by atoms with Crippen molar-refractivity contribution in [2.24, 2.45) is 0 Å². The van der Waals surface area contributed by atoms with E-state index in [2.05, 4.69) is 96.7 Å². The Balaban J connectivity index is 1.76. The standard InChI is InChI=1S/C24H20OS/c1-25-18-14-12-17(13-15-18)21-11-6-16-26-24(21)22-9-4-2-7-19(22)20-8-3-5-10-23(20)24/h2-15,21H,16H2,1H3.